The summed E-state index contributed by atoms with van der Waals surface area (Å²) in [5, 5.41) is 4.32. The molecular weight excluding hydrogens is 675 g/mol. The van der Waals surface area contributed by atoms with Crippen molar-refractivity contribution in [1.82, 2.24) is 15.0 Å². The largest absolute Gasteiger partial charge is 0.484 e. The summed E-state index contributed by atoms with van der Waals surface area (Å²) in [7, 11) is 0. The Labute approximate surface area is 318 Å². The van der Waals surface area contributed by atoms with Gasteiger partial charge >= 0.3 is 0 Å². The highest BCUT2D eigenvalue weighted by Crippen LogP contribution is 2.51. The van der Waals surface area contributed by atoms with Crippen molar-refractivity contribution >= 4 is 43.9 Å². The summed E-state index contributed by atoms with van der Waals surface area (Å²) < 4.78 is 13.4. The second kappa shape index (κ2) is 12.4. The molecular formula is C50H35N3O2. The normalized spacial score (nSPS) is 19.9. The van der Waals surface area contributed by atoms with E-state index in [1.165, 1.54) is 22.1 Å². The van der Waals surface area contributed by atoms with Gasteiger partial charge in [0.2, 0.25) is 0 Å². The minimum atomic E-state index is -0.300. The van der Waals surface area contributed by atoms with Crippen molar-refractivity contribution in [2.75, 3.05) is 0 Å². The molecule has 0 N–H and O–H groups in total. The second-order valence-electron chi connectivity index (χ2n) is 14.8. The van der Waals surface area contributed by atoms with Gasteiger partial charge in [-0.05, 0) is 65.1 Å². The second-order valence-corrected chi connectivity index (χ2v) is 14.8. The number of allylic oxidation sites excluding steroid dienone is 6. The summed E-state index contributed by atoms with van der Waals surface area (Å²) >= 11 is 0. The van der Waals surface area contributed by atoms with E-state index in [1.54, 1.807) is 0 Å². The minimum absolute atomic E-state index is 0.0118. The molecule has 0 amide bonds. The topological polar surface area (TPSA) is 61.0 Å². The van der Waals surface area contributed by atoms with Crippen LogP contribution in [0.3, 0.4) is 0 Å². The minimum Gasteiger partial charge on any atom is -0.484 e. The number of hydrogen-bond donors (Lipinski definition) is 0. The third-order valence-electron chi connectivity index (χ3n) is 11.5. The predicted molar refractivity (Wildman–Crippen MR) is 222 cm³/mol. The Morgan fingerprint density at radius 2 is 1.40 bits per heavy atom. The van der Waals surface area contributed by atoms with Crippen LogP contribution >= 0.6 is 0 Å². The molecule has 0 saturated heterocycles. The zero-order valence-corrected chi connectivity index (χ0v) is 30.2. The molecule has 8 aromatic rings. The number of rotatable bonds is 5. The first-order valence-corrected chi connectivity index (χ1v) is 18.9. The molecule has 5 heteroatoms. The van der Waals surface area contributed by atoms with Gasteiger partial charge < -0.3 is 9.15 Å². The van der Waals surface area contributed by atoms with Crippen LogP contribution in [0, 0.1) is 0 Å². The van der Waals surface area contributed by atoms with Gasteiger partial charge in [0.15, 0.2) is 11.6 Å². The average Bonchev–Trinajstić information content (AvgIpc) is 3.79. The van der Waals surface area contributed by atoms with E-state index < -0.39 is 0 Å². The Morgan fingerprint density at radius 3 is 2.24 bits per heavy atom. The summed E-state index contributed by atoms with van der Waals surface area (Å²) in [4.78, 5) is 15.7. The van der Waals surface area contributed by atoms with Crippen LogP contribution < -0.4 is 4.74 Å². The summed E-state index contributed by atoms with van der Waals surface area (Å²) in [6, 6.07) is 46.2. The molecule has 0 fully saturated rings. The van der Waals surface area contributed by atoms with Crippen molar-refractivity contribution < 1.29 is 9.15 Å². The third kappa shape index (κ3) is 5.11. The van der Waals surface area contributed by atoms with Gasteiger partial charge in [-0.2, -0.15) is 0 Å². The molecule has 262 valence electrons. The number of fused-ring (bicyclic) bond motifs is 7. The molecule has 0 bridgehead atoms. The van der Waals surface area contributed by atoms with Crippen LogP contribution in [0.25, 0.3) is 66.6 Å². The number of ether oxygens (including phenoxy) is 1. The van der Waals surface area contributed by atoms with Crippen molar-refractivity contribution in [3.8, 4) is 28.5 Å². The highest BCUT2D eigenvalue weighted by molar-refractivity contribution is 6.16. The van der Waals surface area contributed by atoms with Crippen LogP contribution in [0.2, 0.25) is 0 Å². The summed E-state index contributed by atoms with van der Waals surface area (Å²) in [5.41, 5.74) is 8.96. The van der Waals surface area contributed by atoms with E-state index in [4.69, 9.17) is 24.1 Å². The Morgan fingerprint density at radius 1 is 0.655 bits per heavy atom. The van der Waals surface area contributed by atoms with Crippen LogP contribution in [-0.2, 0) is 5.41 Å². The number of para-hydroxylation sites is 1. The SMILES string of the molecule is CC12C=CC=C(c3cccc4oc5cccc(-c6nc(-c7ccc8ccccc8c7)nc(C7C=CC(c8ccccc8)=CC7)n6)c5c34)C1Oc1ccccc12. The van der Waals surface area contributed by atoms with Crippen LogP contribution in [0.15, 0.2) is 174 Å². The van der Waals surface area contributed by atoms with Gasteiger partial charge in [-0.15, -0.1) is 0 Å². The lowest BCUT2D eigenvalue weighted by Gasteiger charge is -2.32. The number of aromatic nitrogens is 3. The molecule has 0 radical (unpaired) electrons. The van der Waals surface area contributed by atoms with Crippen LogP contribution in [-0.4, -0.2) is 21.1 Å². The fourth-order valence-corrected chi connectivity index (χ4v) is 8.72. The van der Waals surface area contributed by atoms with Crippen molar-refractivity contribution in [1.29, 1.82) is 0 Å². The number of hydrogen-bond acceptors (Lipinski definition) is 5. The molecule has 55 heavy (non-hydrogen) atoms. The first kappa shape index (κ1) is 31.7. The fraction of sp³-hybridized carbons (Fsp3) is 0.100. The average molecular weight is 710 g/mol. The lowest BCUT2D eigenvalue weighted by Crippen LogP contribution is -2.36. The highest BCUT2D eigenvalue weighted by Gasteiger charge is 2.47. The van der Waals surface area contributed by atoms with Crippen LogP contribution in [0.4, 0.5) is 0 Å². The molecule has 3 aliphatic rings. The number of benzene rings is 6. The highest BCUT2D eigenvalue weighted by atomic mass is 16.5. The van der Waals surface area contributed by atoms with Crippen molar-refractivity contribution in [3.05, 3.63) is 192 Å². The quantitative estimate of drug-likeness (QED) is 0.178. The van der Waals surface area contributed by atoms with Crippen molar-refractivity contribution in [2.45, 2.75) is 30.8 Å². The maximum absolute atomic E-state index is 6.75. The molecule has 6 aromatic carbocycles. The summed E-state index contributed by atoms with van der Waals surface area (Å²) in [6.45, 7) is 2.27. The van der Waals surface area contributed by atoms with E-state index in [9.17, 15) is 0 Å². The van der Waals surface area contributed by atoms with Crippen LogP contribution in [0.1, 0.15) is 41.8 Å². The van der Waals surface area contributed by atoms with Gasteiger partial charge in [0, 0.05) is 39.0 Å². The molecule has 2 aliphatic carbocycles. The van der Waals surface area contributed by atoms with Gasteiger partial charge in [0.05, 0.1) is 5.41 Å². The van der Waals surface area contributed by atoms with Gasteiger partial charge in [-0.1, -0.05) is 146 Å². The molecule has 3 unspecified atom stereocenters. The fourth-order valence-electron chi connectivity index (χ4n) is 8.72. The van der Waals surface area contributed by atoms with E-state index in [2.05, 4.69) is 153 Å². The molecule has 2 aromatic heterocycles. The van der Waals surface area contributed by atoms with E-state index in [0.29, 0.717) is 11.6 Å². The summed E-state index contributed by atoms with van der Waals surface area (Å²) in [6.07, 6.45) is 14.0. The van der Waals surface area contributed by atoms with Gasteiger partial charge in [0.25, 0.3) is 0 Å². The maximum atomic E-state index is 6.75. The molecule has 3 atom stereocenters. The Bertz CT molecular complexity index is 2970. The number of furan rings is 1. The molecule has 1 aliphatic heterocycles. The first-order valence-electron chi connectivity index (χ1n) is 18.9. The van der Waals surface area contributed by atoms with Crippen molar-refractivity contribution in [2.24, 2.45) is 0 Å². The van der Waals surface area contributed by atoms with Crippen LogP contribution in [0.5, 0.6) is 5.75 Å². The van der Waals surface area contributed by atoms with E-state index in [0.717, 1.165) is 67.6 Å². The Kier molecular flexibility index (Phi) is 7.11. The molecule has 0 spiro atoms. The van der Waals surface area contributed by atoms with Gasteiger partial charge in [-0.3, -0.25) is 0 Å². The number of nitrogens with zero attached hydrogens (tertiary/aromatic N) is 3. The predicted octanol–water partition coefficient (Wildman–Crippen LogP) is 12.1. The lowest BCUT2D eigenvalue weighted by atomic mass is 9.72. The molecule has 5 nitrogen and oxygen atoms in total. The maximum Gasteiger partial charge on any atom is 0.164 e. The first-order chi connectivity index (χ1) is 27.1. The Balaban J connectivity index is 1.09. The van der Waals surface area contributed by atoms with E-state index in [1.807, 2.05) is 24.3 Å². The van der Waals surface area contributed by atoms with Crippen molar-refractivity contribution in [3.63, 3.8) is 0 Å². The van der Waals surface area contributed by atoms with Gasteiger partial charge in [0.1, 0.15) is 28.8 Å². The lowest BCUT2D eigenvalue weighted by molar-refractivity contribution is 0.238. The standard InChI is InChI=1S/C50H35N3O2/c1-50-29-11-18-38(46(50)55-41-20-8-7-19-40(41)50)37-16-9-21-42-44(37)45-39(17-10-22-43(45)54-42)49-52-47(34-26-23-33(24-27-34)31-12-3-2-4-13-31)51-48(53-49)36-28-25-32-14-5-6-15-35(32)30-36/h2-26,28-30,34,46H,27H2,1H3. The van der Waals surface area contributed by atoms with Gasteiger partial charge in [-0.25, -0.2) is 15.0 Å². The van der Waals surface area contributed by atoms with E-state index in [-0.39, 0.29) is 17.4 Å². The zero-order chi connectivity index (χ0) is 36.5. The zero-order valence-electron chi connectivity index (χ0n) is 30.2. The Hall–Kier alpha value is -6.85. The molecule has 3 heterocycles. The molecule has 11 rings (SSSR count). The molecule has 0 saturated carbocycles. The monoisotopic (exact) mass is 709 g/mol. The summed E-state index contributed by atoms with van der Waals surface area (Å²) in [5.74, 6) is 2.93. The third-order valence-corrected chi connectivity index (χ3v) is 11.5. The smallest absolute Gasteiger partial charge is 0.164 e. The van der Waals surface area contributed by atoms with E-state index >= 15 is 0 Å².